The van der Waals surface area contributed by atoms with E-state index in [-0.39, 0.29) is 6.10 Å². The molecule has 0 saturated heterocycles. The molecule has 80 valence electrons. The van der Waals surface area contributed by atoms with Crippen LogP contribution in [0.25, 0.3) is 0 Å². The van der Waals surface area contributed by atoms with Gasteiger partial charge in [0.15, 0.2) is 0 Å². The summed E-state index contributed by atoms with van der Waals surface area (Å²) in [6, 6.07) is 3.91. The minimum atomic E-state index is -0.323. The maximum Gasteiger partial charge on any atom is 0.118 e. The second-order valence-electron chi connectivity index (χ2n) is 3.52. The molecule has 1 N–H and O–H groups in total. The molecule has 1 rings (SSSR count). The summed E-state index contributed by atoms with van der Waals surface area (Å²) in [5.41, 5.74) is 0. The van der Waals surface area contributed by atoms with Crippen LogP contribution in [0.1, 0.15) is 11.5 Å². The van der Waals surface area contributed by atoms with Crippen molar-refractivity contribution >= 4 is 15.9 Å². The highest BCUT2D eigenvalue weighted by atomic mass is 79.9. The number of aliphatic hydroxyl groups excluding tert-OH is 1. The Morgan fingerprint density at radius 1 is 1.57 bits per heavy atom. The van der Waals surface area contributed by atoms with Gasteiger partial charge >= 0.3 is 0 Å². The van der Waals surface area contributed by atoms with Gasteiger partial charge in [0.25, 0.3) is 0 Å². The molecule has 0 aromatic carbocycles. The quantitative estimate of drug-likeness (QED) is 0.822. The van der Waals surface area contributed by atoms with Crippen molar-refractivity contribution in [3.8, 4) is 0 Å². The monoisotopic (exact) mass is 261 g/mol. The molecular weight excluding hydrogens is 246 g/mol. The van der Waals surface area contributed by atoms with E-state index >= 15 is 0 Å². The molecule has 0 aliphatic carbocycles. The average Bonchev–Trinajstić information content (AvgIpc) is 2.50. The van der Waals surface area contributed by atoms with Crippen molar-refractivity contribution in [2.75, 3.05) is 18.9 Å². The molecule has 0 aliphatic rings. The highest BCUT2D eigenvalue weighted by Crippen LogP contribution is 2.08. The summed E-state index contributed by atoms with van der Waals surface area (Å²) in [4.78, 5) is 2.03. The first-order chi connectivity index (χ1) is 6.61. The van der Waals surface area contributed by atoms with Crippen LogP contribution in [0.4, 0.5) is 0 Å². The standard InChI is InChI=1S/C10H16BrNO2/c1-8-3-4-10(14-8)7-12(2)6-9(13)5-11/h3-4,9,13H,5-7H2,1-2H3. The molecule has 0 saturated carbocycles. The van der Waals surface area contributed by atoms with Gasteiger partial charge in [0.05, 0.1) is 12.6 Å². The third-order valence-electron chi connectivity index (χ3n) is 1.92. The molecular formula is C10H16BrNO2. The molecule has 14 heavy (non-hydrogen) atoms. The van der Waals surface area contributed by atoms with E-state index < -0.39 is 0 Å². The summed E-state index contributed by atoms with van der Waals surface area (Å²) in [5, 5.41) is 10.00. The lowest BCUT2D eigenvalue weighted by Gasteiger charge is -2.17. The van der Waals surface area contributed by atoms with Crippen molar-refractivity contribution in [1.29, 1.82) is 0 Å². The SMILES string of the molecule is Cc1ccc(CN(C)CC(O)CBr)o1. The van der Waals surface area contributed by atoms with E-state index in [1.165, 1.54) is 0 Å². The predicted molar refractivity (Wildman–Crippen MR) is 59.6 cm³/mol. The van der Waals surface area contributed by atoms with Crippen molar-refractivity contribution in [2.45, 2.75) is 19.6 Å². The van der Waals surface area contributed by atoms with Gasteiger partial charge < -0.3 is 9.52 Å². The van der Waals surface area contributed by atoms with Gasteiger partial charge in [-0.1, -0.05) is 15.9 Å². The molecule has 1 atom stereocenters. The number of halogens is 1. The van der Waals surface area contributed by atoms with E-state index in [1.807, 2.05) is 31.0 Å². The Morgan fingerprint density at radius 2 is 2.29 bits per heavy atom. The number of hydrogen-bond donors (Lipinski definition) is 1. The Hall–Kier alpha value is -0.320. The van der Waals surface area contributed by atoms with Crippen LogP contribution < -0.4 is 0 Å². The summed E-state index contributed by atoms with van der Waals surface area (Å²) in [6.07, 6.45) is -0.323. The minimum Gasteiger partial charge on any atom is -0.465 e. The van der Waals surface area contributed by atoms with E-state index in [4.69, 9.17) is 4.42 Å². The average molecular weight is 262 g/mol. The highest BCUT2D eigenvalue weighted by Gasteiger charge is 2.08. The van der Waals surface area contributed by atoms with Gasteiger partial charge in [0.1, 0.15) is 11.5 Å². The fourth-order valence-electron chi connectivity index (χ4n) is 1.31. The molecule has 4 heteroatoms. The zero-order valence-corrected chi connectivity index (χ0v) is 10.1. The van der Waals surface area contributed by atoms with Crippen LogP contribution in [0.2, 0.25) is 0 Å². The van der Waals surface area contributed by atoms with Gasteiger partial charge in [0.2, 0.25) is 0 Å². The van der Waals surface area contributed by atoms with E-state index in [0.29, 0.717) is 11.9 Å². The topological polar surface area (TPSA) is 36.6 Å². The van der Waals surface area contributed by atoms with Crippen LogP contribution in [-0.2, 0) is 6.54 Å². The number of furan rings is 1. The Bertz CT molecular complexity index is 275. The van der Waals surface area contributed by atoms with Crippen molar-refractivity contribution in [3.63, 3.8) is 0 Å². The van der Waals surface area contributed by atoms with Crippen molar-refractivity contribution in [3.05, 3.63) is 23.7 Å². The highest BCUT2D eigenvalue weighted by molar-refractivity contribution is 9.09. The van der Waals surface area contributed by atoms with Crippen LogP contribution in [-0.4, -0.2) is 35.0 Å². The number of likely N-dealkylation sites (N-methyl/N-ethyl adjacent to an activating group) is 1. The zero-order valence-electron chi connectivity index (χ0n) is 8.53. The maximum atomic E-state index is 9.39. The molecule has 1 heterocycles. The molecule has 1 unspecified atom stereocenters. The van der Waals surface area contributed by atoms with Crippen LogP contribution in [0.3, 0.4) is 0 Å². The predicted octanol–water partition coefficient (Wildman–Crippen LogP) is 1.78. The number of hydrogen-bond acceptors (Lipinski definition) is 3. The summed E-state index contributed by atoms with van der Waals surface area (Å²) in [6.45, 7) is 3.31. The summed E-state index contributed by atoms with van der Waals surface area (Å²) in [7, 11) is 1.96. The Labute approximate surface area is 92.8 Å². The van der Waals surface area contributed by atoms with Crippen molar-refractivity contribution in [2.24, 2.45) is 0 Å². The number of rotatable bonds is 5. The van der Waals surface area contributed by atoms with Gasteiger partial charge in [-0.2, -0.15) is 0 Å². The molecule has 0 spiro atoms. The van der Waals surface area contributed by atoms with Crippen molar-refractivity contribution in [1.82, 2.24) is 4.90 Å². The van der Waals surface area contributed by atoms with Crippen LogP contribution in [0.15, 0.2) is 16.5 Å². The number of alkyl halides is 1. The van der Waals surface area contributed by atoms with Crippen LogP contribution in [0, 0.1) is 6.92 Å². The molecule has 0 amide bonds. The summed E-state index contributed by atoms with van der Waals surface area (Å²) < 4.78 is 5.43. The Balaban J connectivity index is 2.37. The molecule has 1 aromatic rings. The fourth-order valence-corrected chi connectivity index (χ4v) is 1.51. The number of nitrogens with zero attached hydrogens (tertiary/aromatic N) is 1. The van der Waals surface area contributed by atoms with Gasteiger partial charge in [-0.25, -0.2) is 0 Å². The summed E-state index contributed by atoms with van der Waals surface area (Å²) >= 11 is 3.23. The van der Waals surface area contributed by atoms with Crippen LogP contribution >= 0.6 is 15.9 Å². The molecule has 0 bridgehead atoms. The van der Waals surface area contributed by atoms with Gasteiger partial charge in [-0.15, -0.1) is 0 Å². The van der Waals surface area contributed by atoms with Gasteiger partial charge in [-0.05, 0) is 26.1 Å². The van der Waals surface area contributed by atoms with Crippen molar-refractivity contribution < 1.29 is 9.52 Å². The Kier molecular flexibility index (Phi) is 4.65. The van der Waals surface area contributed by atoms with Crippen LogP contribution in [0.5, 0.6) is 0 Å². The number of aryl methyl sites for hydroxylation is 1. The lowest BCUT2D eigenvalue weighted by molar-refractivity contribution is 0.138. The lowest BCUT2D eigenvalue weighted by atomic mass is 10.3. The Morgan fingerprint density at radius 3 is 2.79 bits per heavy atom. The largest absolute Gasteiger partial charge is 0.465 e. The van der Waals surface area contributed by atoms with Gasteiger partial charge in [-0.3, -0.25) is 4.90 Å². The van der Waals surface area contributed by atoms with E-state index in [2.05, 4.69) is 15.9 Å². The smallest absolute Gasteiger partial charge is 0.118 e. The molecule has 3 nitrogen and oxygen atoms in total. The first kappa shape index (κ1) is 11.8. The van der Waals surface area contributed by atoms with E-state index in [9.17, 15) is 5.11 Å². The number of aliphatic hydroxyl groups is 1. The maximum absolute atomic E-state index is 9.39. The van der Waals surface area contributed by atoms with E-state index in [0.717, 1.165) is 18.1 Å². The molecule has 0 fully saturated rings. The first-order valence-corrected chi connectivity index (χ1v) is 5.72. The fraction of sp³-hybridized carbons (Fsp3) is 0.600. The summed E-state index contributed by atoms with van der Waals surface area (Å²) in [5.74, 6) is 1.86. The third-order valence-corrected chi connectivity index (χ3v) is 2.67. The van der Waals surface area contributed by atoms with Gasteiger partial charge in [0, 0.05) is 11.9 Å². The zero-order chi connectivity index (χ0) is 10.6. The van der Waals surface area contributed by atoms with E-state index in [1.54, 1.807) is 0 Å². The second-order valence-corrected chi connectivity index (χ2v) is 4.16. The molecule has 0 radical (unpaired) electrons. The first-order valence-electron chi connectivity index (χ1n) is 4.59. The third kappa shape index (κ3) is 3.82. The minimum absolute atomic E-state index is 0.323. The molecule has 0 aliphatic heterocycles. The lowest BCUT2D eigenvalue weighted by Crippen LogP contribution is -2.29. The normalized spacial score (nSPS) is 13.5. The second kappa shape index (κ2) is 5.53. The molecule has 1 aromatic heterocycles.